The lowest BCUT2D eigenvalue weighted by atomic mass is 10.0. The quantitative estimate of drug-likeness (QED) is 0.667. The Balaban J connectivity index is 2.06. The molecule has 110 valence electrons. The molecule has 4 nitrogen and oxygen atoms in total. The molecule has 0 bridgehead atoms. The number of hydrazine groups is 1. The Morgan fingerprint density at radius 1 is 1.19 bits per heavy atom. The molecule has 1 saturated carbocycles. The molecule has 0 atom stereocenters. The molecule has 0 aliphatic heterocycles. The molecule has 0 unspecified atom stereocenters. The van der Waals surface area contributed by atoms with Crippen molar-refractivity contribution >= 4 is 17.4 Å². The van der Waals surface area contributed by atoms with E-state index in [0.717, 1.165) is 18.5 Å². The Morgan fingerprint density at radius 2 is 1.95 bits per heavy atom. The van der Waals surface area contributed by atoms with E-state index < -0.39 is 0 Å². The topological polar surface area (TPSA) is 63.8 Å². The second kappa shape index (κ2) is 5.95. The Kier molecular flexibility index (Phi) is 4.03. The maximum absolute atomic E-state index is 13.2. The largest absolute Gasteiger partial charge is 0.308 e. The van der Waals surface area contributed by atoms with Crippen LogP contribution in [0.15, 0.2) is 24.3 Å². The van der Waals surface area contributed by atoms with Gasteiger partial charge in [-0.25, -0.2) is 20.2 Å². The molecule has 21 heavy (non-hydrogen) atoms. The predicted octanol–water partition coefficient (Wildman–Crippen LogP) is 3.88. The van der Waals surface area contributed by atoms with Crippen LogP contribution in [-0.4, -0.2) is 9.97 Å². The first kappa shape index (κ1) is 14.2. The SMILES string of the molecule is NNc1cc(C2CCCC2)nc(-c2ccc(F)cc2Cl)n1. The van der Waals surface area contributed by atoms with E-state index in [1.54, 1.807) is 6.07 Å². The van der Waals surface area contributed by atoms with Gasteiger partial charge in [0.15, 0.2) is 5.82 Å². The van der Waals surface area contributed by atoms with E-state index in [9.17, 15) is 4.39 Å². The second-order valence-corrected chi connectivity index (χ2v) is 5.66. The molecule has 0 saturated heterocycles. The van der Waals surface area contributed by atoms with E-state index in [1.807, 2.05) is 6.07 Å². The molecule has 2 aromatic rings. The lowest BCUT2D eigenvalue weighted by Crippen LogP contribution is -2.11. The van der Waals surface area contributed by atoms with Crippen molar-refractivity contribution in [2.24, 2.45) is 5.84 Å². The number of hydrogen-bond acceptors (Lipinski definition) is 4. The summed E-state index contributed by atoms with van der Waals surface area (Å²) in [5.41, 5.74) is 4.13. The van der Waals surface area contributed by atoms with Gasteiger partial charge < -0.3 is 5.43 Å². The third kappa shape index (κ3) is 2.99. The van der Waals surface area contributed by atoms with Crippen LogP contribution < -0.4 is 11.3 Å². The van der Waals surface area contributed by atoms with Crippen molar-refractivity contribution in [2.75, 3.05) is 5.43 Å². The normalized spacial score (nSPS) is 15.4. The summed E-state index contributed by atoms with van der Waals surface area (Å²) in [4.78, 5) is 8.94. The van der Waals surface area contributed by atoms with Gasteiger partial charge in [-0.15, -0.1) is 0 Å². The highest BCUT2D eigenvalue weighted by atomic mass is 35.5. The van der Waals surface area contributed by atoms with Crippen molar-refractivity contribution in [3.63, 3.8) is 0 Å². The van der Waals surface area contributed by atoms with Gasteiger partial charge in [-0.1, -0.05) is 24.4 Å². The van der Waals surface area contributed by atoms with Crippen LogP contribution in [-0.2, 0) is 0 Å². The van der Waals surface area contributed by atoms with Crippen LogP contribution in [0.4, 0.5) is 10.2 Å². The molecule has 0 radical (unpaired) electrons. The number of nitrogen functional groups attached to an aromatic ring is 1. The van der Waals surface area contributed by atoms with Crippen LogP contribution in [0.25, 0.3) is 11.4 Å². The van der Waals surface area contributed by atoms with Crippen LogP contribution in [0, 0.1) is 5.82 Å². The Hall–Kier alpha value is -1.72. The van der Waals surface area contributed by atoms with Crippen molar-refractivity contribution in [3.8, 4) is 11.4 Å². The zero-order valence-electron chi connectivity index (χ0n) is 11.4. The number of nitrogens with two attached hydrogens (primary N) is 1. The van der Waals surface area contributed by atoms with Gasteiger partial charge >= 0.3 is 0 Å². The Labute approximate surface area is 127 Å². The lowest BCUT2D eigenvalue weighted by molar-refractivity contribution is 0.628. The Morgan fingerprint density at radius 3 is 2.62 bits per heavy atom. The molecule has 6 heteroatoms. The predicted molar refractivity (Wildman–Crippen MR) is 81.5 cm³/mol. The highest BCUT2D eigenvalue weighted by Crippen LogP contribution is 2.35. The number of aromatic nitrogens is 2. The van der Waals surface area contributed by atoms with Crippen LogP contribution in [0.5, 0.6) is 0 Å². The van der Waals surface area contributed by atoms with Gasteiger partial charge in [0.1, 0.15) is 11.6 Å². The molecule has 1 aliphatic carbocycles. The van der Waals surface area contributed by atoms with Gasteiger partial charge in [0, 0.05) is 23.2 Å². The van der Waals surface area contributed by atoms with Crippen molar-refractivity contribution in [2.45, 2.75) is 31.6 Å². The summed E-state index contributed by atoms with van der Waals surface area (Å²) in [5.74, 6) is 6.55. The highest BCUT2D eigenvalue weighted by molar-refractivity contribution is 6.33. The van der Waals surface area contributed by atoms with Gasteiger partial charge in [0.05, 0.1) is 5.02 Å². The van der Waals surface area contributed by atoms with E-state index in [4.69, 9.17) is 17.4 Å². The maximum Gasteiger partial charge on any atom is 0.163 e. The minimum Gasteiger partial charge on any atom is -0.308 e. The van der Waals surface area contributed by atoms with Crippen molar-refractivity contribution in [1.29, 1.82) is 0 Å². The number of hydrogen-bond donors (Lipinski definition) is 2. The van der Waals surface area contributed by atoms with E-state index in [1.165, 1.54) is 25.0 Å². The number of anilines is 1. The number of nitrogens with zero attached hydrogens (tertiary/aromatic N) is 2. The molecular formula is C15H16ClFN4. The van der Waals surface area contributed by atoms with Gasteiger partial charge in [0.2, 0.25) is 0 Å². The number of benzene rings is 1. The van der Waals surface area contributed by atoms with Crippen LogP contribution in [0.2, 0.25) is 5.02 Å². The van der Waals surface area contributed by atoms with E-state index in [0.29, 0.717) is 28.1 Å². The Bertz CT molecular complexity index is 656. The summed E-state index contributed by atoms with van der Waals surface area (Å²) in [5, 5.41) is 0.293. The maximum atomic E-state index is 13.2. The fourth-order valence-corrected chi connectivity index (χ4v) is 3.01. The molecule has 1 fully saturated rings. The van der Waals surface area contributed by atoms with Crippen molar-refractivity contribution < 1.29 is 4.39 Å². The lowest BCUT2D eigenvalue weighted by Gasteiger charge is -2.13. The molecule has 1 heterocycles. The van der Waals surface area contributed by atoms with Crippen LogP contribution in [0.1, 0.15) is 37.3 Å². The summed E-state index contributed by atoms with van der Waals surface area (Å²) in [7, 11) is 0. The van der Waals surface area contributed by atoms with Crippen LogP contribution in [0.3, 0.4) is 0 Å². The number of halogens is 2. The summed E-state index contributed by atoms with van der Waals surface area (Å²) in [6.07, 6.45) is 4.68. The average Bonchev–Trinajstić information content (AvgIpc) is 3.01. The molecule has 0 amide bonds. The highest BCUT2D eigenvalue weighted by Gasteiger charge is 2.20. The van der Waals surface area contributed by atoms with Gasteiger partial charge in [0.25, 0.3) is 0 Å². The van der Waals surface area contributed by atoms with Gasteiger partial charge in [-0.3, -0.25) is 0 Å². The second-order valence-electron chi connectivity index (χ2n) is 5.25. The summed E-state index contributed by atoms with van der Waals surface area (Å²) in [6.45, 7) is 0. The minimum atomic E-state index is -0.382. The molecule has 1 aromatic carbocycles. The first-order valence-electron chi connectivity index (χ1n) is 6.98. The smallest absolute Gasteiger partial charge is 0.163 e. The van der Waals surface area contributed by atoms with Crippen molar-refractivity contribution in [1.82, 2.24) is 9.97 Å². The molecule has 3 rings (SSSR count). The standard InChI is InChI=1S/C15H16ClFN4/c16-12-7-10(17)5-6-11(12)15-19-13(8-14(20-15)21-18)9-3-1-2-4-9/h5-9H,1-4,18H2,(H,19,20,21). The zero-order chi connectivity index (χ0) is 14.8. The third-order valence-corrected chi connectivity index (χ3v) is 4.15. The third-order valence-electron chi connectivity index (χ3n) is 3.84. The van der Waals surface area contributed by atoms with E-state index >= 15 is 0 Å². The first-order valence-corrected chi connectivity index (χ1v) is 7.36. The first-order chi connectivity index (χ1) is 10.2. The molecule has 0 spiro atoms. The molecule has 3 N–H and O–H groups in total. The summed E-state index contributed by atoms with van der Waals surface area (Å²) < 4.78 is 13.2. The van der Waals surface area contributed by atoms with Gasteiger partial charge in [-0.05, 0) is 31.0 Å². The fourth-order valence-electron chi connectivity index (χ4n) is 2.76. The van der Waals surface area contributed by atoms with E-state index in [-0.39, 0.29) is 5.82 Å². The zero-order valence-corrected chi connectivity index (χ0v) is 12.2. The van der Waals surface area contributed by atoms with Gasteiger partial charge in [-0.2, -0.15) is 0 Å². The van der Waals surface area contributed by atoms with E-state index in [2.05, 4.69) is 15.4 Å². The molecule has 1 aromatic heterocycles. The minimum absolute atomic E-state index is 0.293. The van der Waals surface area contributed by atoms with Crippen molar-refractivity contribution in [3.05, 3.63) is 40.8 Å². The average molecular weight is 307 g/mol. The summed E-state index contributed by atoms with van der Waals surface area (Å²) >= 11 is 6.10. The number of rotatable bonds is 3. The number of nitrogens with one attached hydrogen (secondary N) is 1. The molecular weight excluding hydrogens is 291 g/mol. The van der Waals surface area contributed by atoms with Crippen LogP contribution >= 0.6 is 11.6 Å². The summed E-state index contributed by atoms with van der Waals surface area (Å²) in [6, 6.07) is 6.07. The fraction of sp³-hybridized carbons (Fsp3) is 0.333. The monoisotopic (exact) mass is 306 g/mol. The molecule has 1 aliphatic rings.